The number of hydrogen-bond acceptors (Lipinski definition) is 4. The van der Waals surface area contributed by atoms with Crippen LogP contribution in [0, 0.1) is 0 Å². The predicted octanol–water partition coefficient (Wildman–Crippen LogP) is 3.40. The Morgan fingerprint density at radius 3 is 2.61 bits per heavy atom. The summed E-state index contributed by atoms with van der Waals surface area (Å²) in [5, 5.41) is 3.50. The first kappa shape index (κ1) is 13.5. The van der Waals surface area contributed by atoms with Crippen molar-refractivity contribution in [3.05, 3.63) is 79.0 Å². The molecule has 4 rings (SSSR count). The molecule has 4 aromatic rings. The molecule has 1 aromatic carbocycles. The standard InChI is InChI=1S/C18H15N5/c1-2-5-14(6-3-1)11-21-18-17(15-7-4-8-19-12-15)22-16-13-20-9-10-23(16)18/h1-10,12-13,21H,11H2. The predicted molar refractivity (Wildman–Crippen MR) is 90.0 cm³/mol. The van der Waals surface area contributed by atoms with E-state index >= 15 is 0 Å². The molecular formula is C18H15N5. The first-order valence-corrected chi connectivity index (χ1v) is 7.42. The van der Waals surface area contributed by atoms with Crippen molar-refractivity contribution in [2.75, 3.05) is 5.32 Å². The average molecular weight is 301 g/mol. The lowest BCUT2D eigenvalue weighted by molar-refractivity contribution is 1.07. The summed E-state index contributed by atoms with van der Waals surface area (Å²) in [6.45, 7) is 0.726. The van der Waals surface area contributed by atoms with Crippen molar-refractivity contribution < 1.29 is 0 Å². The van der Waals surface area contributed by atoms with Gasteiger partial charge in [-0.2, -0.15) is 0 Å². The normalized spacial score (nSPS) is 10.8. The zero-order valence-electron chi connectivity index (χ0n) is 12.4. The minimum absolute atomic E-state index is 0.726. The molecule has 0 unspecified atom stereocenters. The number of pyridine rings is 1. The van der Waals surface area contributed by atoms with E-state index in [9.17, 15) is 0 Å². The quantitative estimate of drug-likeness (QED) is 0.627. The molecule has 0 saturated carbocycles. The van der Waals surface area contributed by atoms with Gasteiger partial charge in [0.2, 0.25) is 0 Å². The molecule has 0 radical (unpaired) electrons. The molecule has 3 heterocycles. The topological polar surface area (TPSA) is 55.1 Å². The van der Waals surface area contributed by atoms with E-state index in [4.69, 9.17) is 4.98 Å². The number of anilines is 1. The van der Waals surface area contributed by atoms with Crippen LogP contribution in [0.15, 0.2) is 73.4 Å². The number of benzene rings is 1. The highest BCUT2D eigenvalue weighted by Gasteiger charge is 2.13. The lowest BCUT2D eigenvalue weighted by atomic mass is 10.2. The highest BCUT2D eigenvalue weighted by atomic mass is 15.1. The third kappa shape index (κ3) is 2.64. The summed E-state index contributed by atoms with van der Waals surface area (Å²) >= 11 is 0. The first-order chi connectivity index (χ1) is 11.4. The summed E-state index contributed by atoms with van der Waals surface area (Å²) in [7, 11) is 0. The second kappa shape index (κ2) is 5.88. The Hall–Kier alpha value is -3.21. The summed E-state index contributed by atoms with van der Waals surface area (Å²) in [6.07, 6.45) is 9.01. The van der Waals surface area contributed by atoms with Crippen LogP contribution in [0.5, 0.6) is 0 Å². The smallest absolute Gasteiger partial charge is 0.157 e. The number of nitrogens with zero attached hydrogens (tertiary/aromatic N) is 4. The minimum atomic E-state index is 0.726. The molecule has 0 fully saturated rings. The molecule has 0 spiro atoms. The van der Waals surface area contributed by atoms with E-state index in [1.165, 1.54) is 5.56 Å². The van der Waals surface area contributed by atoms with Gasteiger partial charge in [0, 0.05) is 36.9 Å². The molecule has 0 bridgehead atoms. The molecule has 0 atom stereocenters. The maximum atomic E-state index is 4.69. The number of aromatic nitrogens is 4. The Labute approximate surface area is 133 Å². The zero-order valence-corrected chi connectivity index (χ0v) is 12.4. The van der Waals surface area contributed by atoms with Crippen LogP contribution in [0.1, 0.15) is 5.56 Å². The van der Waals surface area contributed by atoms with Gasteiger partial charge in [0.15, 0.2) is 5.65 Å². The number of nitrogens with one attached hydrogen (secondary N) is 1. The molecule has 0 aliphatic rings. The summed E-state index contributed by atoms with van der Waals surface area (Å²) in [5.41, 5.74) is 3.88. The van der Waals surface area contributed by atoms with Gasteiger partial charge in [-0.15, -0.1) is 0 Å². The fourth-order valence-electron chi connectivity index (χ4n) is 2.56. The van der Waals surface area contributed by atoms with Gasteiger partial charge in [0.05, 0.1) is 6.20 Å². The van der Waals surface area contributed by atoms with E-state index in [0.717, 1.165) is 29.3 Å². The molecule has 5 nitrogen and oxygen atoms in total. The monoisotopic (exact) mass is 301 g/mol. The fourth-order valence-corrected chi connectivity index (χ4v) is 2.56. The largest absolute Gasteiger partial charge is 0.365 e. The molecule has 0 saturated heterocycles. The minimum Gasteiger partial charge on any atom is -0.365 e. The number of imidazole rings is 1. The van der Waals surface area contributed by atoms with Crippen molar-refractivity contribution in [1.29, 1.82) is 0 Å². The van der Waals surface area contributed by atoms with Crippen LogP contribution in [-0.2, 0) is 6.54 Å². The maximum Gasteiger partial charge on any atom is 0.157 e. The van der Waals surface area contributed by atoms with E-state index < -0.39 is 0 Å². The fraction of sp³-hybridized carbons (Fsp3) is 0.0556. The molecule has 1 N–H and O–H groups in total. The first-order valence-electron chi connectivity index (χ1n) is 7.42. The van der Waals surface area contributed by atoms with Crippen LogP contribution in [-0.4, -0.2) is 19.4 Å². The molecule has 3 aromatic heterocycles. The van der Waals surface area contributed by atoms with Crippen LogP contribution in [0.2, 0.25) is 0 Å². The van der Waals surface area contributed by atoms with Gasteiger partial charge in [-0.05, 0) is 17.7 Å². The van der Waals surface area contributed by atoms with Crippen LogP contribution in [0.3, 0.4) is 0 Å². The van der Waals surface area contributed by atoms with Crippen molar-refractivity contribution in [1.82, 2.24) is 19.4 Å². The Bertz CT molecular complexity index is 916. The Morgan fingerprint density at radius 1 is 0.913 bits per heavy atom. The van der Waals surface area contributed by atoms with Crippen molar-refractivity contribution in [2.24, 2.45) is 0 Å². The Kier molecular flexibility index (Phi) is 3.44. The van der Waals surface area contributed by atoms with Crippen molar-refractivity contribution in [3.8, 4) is 11.3 Å². The van der Waals surface area contributed by atoms with Crippen LogP contribution in [0.4, 0.5) is 5.82 Å². The van der Waals surface area contributed by atoms with Crippen molar-refractivity contribution >= 4 is 11.5 Å². The van der Waals surface area contributed by atoms with Crippen molar-refractivity contribution in [2.45, 2.75) is 6.54 Å². The maximum absolute atomic E-state index is 4.69. The van der Waals surface area contributed by atoms with E-state index in [0.29, 0.717) is 0 Å². The van der Waals surface area contributed by atoms with Crippen LogP contribution >= 0.6 is 0 Å². The van der Waals surface area contributed by atoms with Gasteiger partial charge >= 0.3 is 0 Å². The van der Waals surface area contributed by atoms with Crippen LogP contribution in [0.25, 0.3) is 16.9 Å². The molecular weight excluding hydrogens is 286 g/mol. The number of hydrogen-bond donors (Lipinski definition) is 1. The number of fused-ring (bicyclic) bond motifs is 1. The van der Waals surface area contributed by atoms with Crippen molar-refractivity contribution in [3.63, 3.8) is 0 Å². The van der Waals surface area contributed by atoms with E-state index in [1.54, 1.807) is 18.6 Å². The van der Waals surface area contributed by atoms with Gasteiger partial charge in [-0.3, -0.25) is 14.4 Å². The zero-order chi connectivity index (χ0) is 15.5. The third-order valence-electron chi connectivity index (χ3n) is 3.67. The highest BCUT2D eigenvalue weighted by molar-refractivity contribution is 5.75. The van der Waals surface area contributed by atoms with Gasteiger partial charge in [0.1, 0.15) is 11.5 Å². The van der Waals surface area contributed by atoms with Gasteiger partial charge in [0.25, 0.3) is 0 Å². The molecule has 0 amide bonds. The van der Waals surface area contributed by atoms with Gasteiger partial charge in [-0.1, -0.05) is 30.3 Å². The lowest BCUT2D eigenvalue weighted by Gasteiger charge is -2.08. The molecule has 5 heteroatoms. The van der Waals surface area contributed by atoms with E-state index in [1.807, 2.05) is 47.1 Å². The summed E-state index contributed by atoms with van der Waals surface area (Å²) in [4.78, 5) is 13.0. The second-order valence-electron chi connectivity index (χ2n) is 5.19. The second-order valence-corrected chi connectivity index (χ2v) is 5.19. The SMILES string of the molecule is c1ccc(CNc2c(-c3cccnc3)nc3cnccn23)cc1. The molecule has 23 heavy (non-hydrogen) atoms. The molecule has 0 aliphatic heterocycles. The Balaban J connectivity index is 1.77. The van der Waals surface area contributed by atoms with Crippen LogP contribution < -0.4 is 5.32 Å². The summed E-state index contributed by atoms with van der Waals surface area (Å²) in [6, 6.07) is 14.2. The van der Waals surface area contributed by atoms with E-state index in [-0.39, 0.29) is 0 Å². The van der Waals surface area contributed by atoms with Gasteiger partial charge < -0.3 is 5.32 Å². The third-order valence-corrected chi connectivity index (χ3v) is 3.67. The van der Waals surface area contributed by atoms with E-state index in [2.05, 4.69) is 27.4 Å². The lowest BCUT2D eigenvalue weighted by Crippen LogP contribution is -2.03. The molecule has 112 valence electrons. The molecule has 0 aliphatic carbocycles. The summed E-state index contributed by atoms with van der Waals surface area (Å²) < 4.78 is 2.01. The summed E-state index contributed by atoms with van der Waals surface area (Å²) in [5.74, 6) is 0.944. The van der Waals surface area contributed by atoms with Gasteiger partial charge in [-0.25, -0.2) is 4.98 Å². The Morgan fingerprint density at radius 2 is 1.78 bits per heavy atom. The average Bonchev–Trinajstić information content (AvgIpc) is 3.00. The number of rotatable bonds is 4. The highest BCUT2D eigenvalue weighted by Crippen LogP contribution is 2.28.